The van der Waals surface area contributed by atoms with Gasteiger partial charge in [-0.15, -0.1) is 0 Å². The first kappa shape index (κ1) is 26.7. The van der Waals surface area contributed by atoms with E-state index in [1.165, 1.54) is 18.4 Å². The van der Waals surface area contributed by atoms with Crippen molar-refractivity contribution in [2.75, 3.05) is 33.7 Å². The van der Waals surface area contributed by atoms with E-state index in [9.17, 15) is 21.6 Å². The van der Waals surface area contributed by atoms with E-state index in [4.69, 9.17) is 0 Å². The Morgan fingerprint density at radius 1 is 0.861 bits per heavy atom. The molecule has 11 heteroatoms. The van der Waals surface area contributed by atoms with Crippen LogP contribution in [-0.4, -0.2) is 76.0 Å². The molecule has 2 fully saturated rings. The molecule has 2 aromatic carbocycles. The molecule has 0 aliphatic carbocycles. The third kappa shape index (κ3) is 5.81. The zero-order chi connectivity index (χ0) is 25.9. The lowest BCUT2D eigenvalue weighted by atomic mass is 9.89. The molecule has 36 heavy (non-hydrogen) atoms. The number of rotatable bonds is 7. The molecule has 196 valence electrons. The molecule has 0 aromatic heterocycles. The second-order valence-corrected chi connectivity index (χ2v) is 13.4. The van der Waals surface area contributed by atoms with Crippen molar-refractivity contribution in [3.05, 3.63) is 66.2 Å². The third-order valence-electron chi connectivity index (χ3n) is 7.02. The lowest BCUT2D eigenvalue weighted by Crippen LogP contribution is -2.52. The summed E-state index contributed by atoms with van der Waals surface area (Å²) in [4.78, 5) is 15.4. The number of benzene rings is 2. The number of hydrogen-bond donors (Lipinski definition) is 1. The Morgan fingerprint density at radius 2 is 1.44 bits per heavy atom. The number of nitrogens with zero attached hydrogens (tertiary/aromatic N) is 3. The van der Waals surface area contributed by atoms with Crippen LogP contribution >= 0.6 is 0 Å². The van der Waals surface area contributed by atoms with Gasteiger partial charge in [0.1, 0.15) is 0 Å². The fraction of sp³-hybridized carbons (Fsp3) is 0.480. The van der Waals surface area contributed by atoms with Crippen molar-refractivity contribution in [2.45, 2.75) is 42.7 Å². The molecule has 2 aromatic rings. The fourth-order valence-corrected chi connectivity index (χ4v) is 7.51. The Labute approximate surface area is 214 Å². The van der Waals surface area contributed by atoms with E-state index in [1.807, 2.05) is 30.3 Å². The first-order chi connectivity index (χ1) is 17.1. The summed E-state index contributed by atoms with van der Waals surface area (Å²) in [6.45, 7) is 0.982. The number of amides is 1. The minimum absolute atomic E-state index is 0.0660. The number of carbonyl (C=O) groups excluding carboxylic acids is 1. The van der Waals surface area contributed by atoms with Crippen molar-refractivity contribution in [1.29, 1.82) is 0 Å². The SMILES string of the molecule is CN(C)S(=O)(=O)NC1CCN(C(=O)C2CCC(c3ccccc3)N(S(=O)(=O)c3ccccc3)C2)CC1. The predicted octanol–water partition coefficient (Wildman–Crippen LogP) is 2.22. The average Bonchev–Trinajstić information content (AvgIpc) is 2.89. The molecule has 2 atom stereocenters. The van der Waals surface area contributed by atoms with Gasteiger partial charge in [-0.25, -0.2) is 8.42 Å². The van der Waals surface area contributed by atoms with Crippen molar-refractivity contribution in [1.82, 2.24) is 18.2 Å². The molecular weight excluding hydrogens is 500 g/mol. The normalized spacial score (nSPS) is 22.6. The van der Waals surface area contributed by atoms with Gasteiger partial charge in [0.05, 0.1) is 16.9 Å². The molecule has 1 N–H and O–H groups in total. The molecule has 2 saturated heterocycles. The van der Waals surface area contributed by atoms with Crippen LogP contribution in [0.5, 0.6) is 0 Å². The minimum Gasteiger partial charge on any atom is -0.342 e. The number of piperidine rings is 2. The van der Waals surface area contributed by atoms with E-state index in [0.29, 0.717) is 38.8 Å². The number of hydrogen-bond acceptors (Lipinski definition) is 5. The maximum absolute atomic E-state index is 13.7. The highest BCUT2D eigenvalue weighted by Crippen LogP contribution is 2.38. The van der Waals surface area contributed by atoms with Gasteiger partial charge >= 0.3 is 0 Å². The average molecular weight is 535 g/mol. The van der Waals surface area contributed by atoms with Gasteiger partial charge in [0, 0.05) is 39.8 Å². The van der Waals surface area contributed by atoms with Gasteiger partial charge in [0.15, 0.2) is 0 Å². The maximum atomic E-state index is 13.7. The quantitative estimate of drug-likeness (QED) is 0.586. The summed E-state index contributed by atoms with van der Waals surface area (Å²) < 4.78 is 56.9. The second-order valence-electron chi connectivity index (χ2n) is 9.59. The van der Waals surface area contributed by atoms with Gasteiger partial charge in [-0.1, -0.05) is 48.5 Å². The van der Waals surface area contributed by atoms with Crippen LogP contribution in [0.4, 0.5) is 0 Å². The van der Waals surface area contributed by atoms with Gasteiger partial charge in [0.2, 0.25) is 15.9 Å². The van der Waals surface area contributed by atoms with Crippen LogP contribution in [0.15, 0.2) is 65.6 Å². The van der Waals surface area contributed by atoms with Gasteiger partial charge in [-0.3, -0.25) is 4.79 Å². The highest BCUT2D eigenvalue weighted by atomic mass is 32.2. The van der Waals surface area contributed by atoms with Gasteiger partial charge in [-0.2, -0.15) is 21.8 Å². The molecule has 2 unspecified atom stereocenters. The van der Waals surface area contributed by atoms with Crippen molar-refractivity contribution >= 4 is 26.1 Å². The second kappa shape index (κ2) is 11.0. The molecule has 2 heterocycles. The highest BCUT2D eigenvalue weighted by Gasteiger charge is 2.41. The number of likely N-dealkylation sites (tertiary alicyclic amines) is 1. The molecule has 0 radical (unpaired) electrons. The van der Waals surface area contributed by atoms with Crippen molar-refractivity contribution in [3.63, 3.8) is 0 Å². The third-order valence-corrected chi connectivity index (χ3v) is 10.5. The maximum Gasteiger partial charge on any atom is 0.279 e. The van der Waals surface area contributed by atoms with E-state index in [0.717, 1.165) is 9.87 Å². The first-order valence-electron chi connectivity index (χ1n) is 12.2. The zero-order valence-electron chi connectivity index (χ0n) is 20.7. The van der Waals surface area contributed by atoms with Crippen LogP contribution in [0.3, 0.4) is 0 Å². The number of sulfonamides is 1. The number of carbonyl (C=O) groups is 1. The fourth-order valence-electron chi connectivity index (χ4n) is 4.93. The van der Waals surface area contributed by atoms with Gasteiger partial charge in [-0.05, 0) is 43.4 Å². The largest absolute Gasteiger partial charge is 0.342 e. The molecule has 0 saturated carbocycles. The lowest BCUT2D eigenvalue weighted by molar-refractivity contribution is -0.138. The summed E-state index contributed by atoms with van der Waals surface area (Å²) in [6, 6.07) is 17.3. The van der Waals surface area contributed by atoms with Gasteiger partial charge in [0.25, 0.3) is 10.2 Å². The van der Waals surface area contributed by atoms with Crippen LogP contribution in [-0.2, 0) is 25.0 Å². The molecule has 2 aliphatic heterocycles. The number of nitrogens with one attached hydrogen (secondary N) is 1. The molecule has 0 bridgehead atoms. The lowest BCUT2D eigenvalue weighted by Gasteiger charge is -2.41. The summed E-state index contributed by atoms with van der Waals surface area (Å²) in [5.41, 5.74) is 0.914. The van der Waals surface area contributed by atoms with Crippen LogP contribution in [0.1, 0.15) is 37.3 Å². The summed E-state index contributed by atoms with van der Waals surface area (Å²) in [5.74, 6) is -0.512. The Balaban J connectivity index is 1.49. The van der Waals surface area contributed by atoms with E-state index in [-0.39, 0.29) is 29.4 Å². The molecule has 0 spiro atoms. The minimum atomic E-state index is -3.81. The topological polar surface area (TPSA) is 107 Å². The van der Waals surface area contributed by atoms with Crippen LogP contribution in [0.2, 0.25) is 0 Å². The standard InChI is InChI=1S/C25H34N4O5S2/c1-27(2)36(33,34)26-22-15-17-28(18-16-22)25(30)21-13-14-24(20-9-5-3-6-10-20)29(19-21)35(31,32)23-11-7-4-8-12-23/h3-12,21-22,24,26H,13-19H2,1-2H3. The van der Waals surface area contributed by atoms with E-state index in [1.54, 1.807) is 35.2 Å². The van der Waals surface area contributed by atoms with E-state index >= 15 is 0 Å². The Bertz CT molecular complexity index is 1250. The van der Waals surface area contributed by atoms with Gasteiger partial charge < -0.3 is 4.90 Å². The Morgan fingerprint density at radius 3 is 2.03 bits per heavy atom. The van der Waals surface area contributed by atoms with E-state index in [2.05, 4.69) is 4.72 Å². The summed E-state index contributed by atoms with van der Waals surface area (Å²) in [7, 11) is -4.40. The molecule has 4 rings (SSSR count). The van der Waals surface area contributed by atoms with Crippen LogP contribution < -0.4 is 4.72 Å². The Hall–Kier alpha value is -2.31. The molecule has 2 aliphatic rings. The Kier molecular flexibility index (Phi) is 8.15. The molecule has 9 nitrogen and oxygen atoms in total. The molecule has 1 amide bonds. The monoisotopic (exact) mass is 534 g/mol. The van der Waals surface area contributed by atoms with E-state index < -0.39 is 26.2 Å². The van der Waals surface area contributed by atoms with Crippen molar-refractivity contribution in [2.24, 2.45) is 5.92 Å². The summed E-state index contributed by atoms with van der Waals surface area (Å²) in [6.07, 6.45) is 2.17. The van der Waals surface area contributed by atoms with Crippen molar-refractivity contribution < 1.29 is 21.6 Å². The van der Waals surface area contributed by atoms with Crippen LogP contribution in [0.25, 0.3) is 0 Å². The smallest absolute Gasteiger partial charge is 0.279 e. The predicted molar refractivity (Wildman–Crippen MR) is 138 cm³/mol. The first-order valence-corrected chi connectivity index (χ1v) is 15.1. The summed E-state index contributed by atoms with van der Waals surface area (Å²) >= 11 is 0. The van der Waals surface area contributed by atoms with Crippen LogP contribution in [0, 0.1) is 5.92 Å². The summed E-state index contributed by atoms with van der Waals surface area (Å²) in [5, 5.41) is 0. The molecular formula is C25H34N4O5S2. The van der Waals surface area contributed by atoms with Crippen molar-refractivity contribution in [3.8, 4) is 0 Å². The zero-order valence-corrected chi connectivity index (χ0v) is 22.3. The highest BCUT2D eigenvalue weighted by molar-refractivity contribution is 7.89.